The number of rotatable bonds is 4. The molecular formula is C11H16O. The lowest BCUT2D eigenvalue weighted by Crippen LogP contribution is -2.14. The largest absolute Gasteiger partial charge is 0.377 e. The van der Waals surface area contributed by atoms with Gasteiger partial charge in [-0.1, -0.05) is 18.2 Å². The Balaban J connectivity index is 1.76. The normalized spacial score (nSPS) is 37.5. The second-order valence-corrected chi connectivity index (χ2v) is 3.87. The van der Waals surface area contributed by atoms with Gasteiger partial charge < -0.3 is 4.74 Å². The zero-order valence-electron chi connectivity index (χ0n) is 7.41. The molecule has 3 atom stereocenters. The summed E-state index contributed by atoms with van der Waals surface area (Å²) in [6.07, 6.45) is 9.29. The molecule has 0 aromatic rings. The van der Waals surface area contributed by atoms with Crippen molar-refractivity contribution in [1.29, 1.82) is 0 Å². The molecule has 0 amide bonds. The molecule has 0 saturated heterocycles. The first-order chi connectivity index (χ1) is 5.90. The van der Waals surface area contributed by atoms with Gasteiger partial charge in [0.05, 0.1) is 13.2 Å². The molecule has 2 aliphatic carbocycles. The summed E-state index contributed by atoms with van der Waals surface area (Å²) in [5.74, 6) is 2.48. The fourth-order valence-corrected chi connectivity index (χ4v) is 2.39. The minimum atomic E-state index is 0.706. The highest BCUT2D eigenvalue weighted by atomic mass is 16.5. The lowest BCUT2D eigenvalue weighted by atomic mass is 9.95. The molecule has 0 aromatic heterocycles. The van der Waals surface area contributed by atoms with Gasteiger partial charge in [0.25, 0.3) is 0 Å². The first-order valence-corrected chi connectivity index (χ1v) is 4.77. The van der Waals surface area contributed by atoms with Gasteiger partial charge in [-0.3, -0.25) is 0 Å². The zero-order valence-corrected chi connectivity index (χ0v) is 7.41. The van der Waals surface area contributed by atoms with Crippen molar-refractivity contribution in [2.24, 2.45) is 17.8 Å². The van der Waals surface area contributed by atoms with E-state index in [0.717, 1.165) is 24.4 Å². The van der Waals surface area contributed by atoms with E-state index in [4.69, 9.17) is 4.74 Å². The number of allylic oxidation sites excluding steroid dienone is 2. The van der Waals surface area contributed by atoms with Gasteiger partial charge in [0.15, 0.2) is 0 Å². The van der Waals surface area contributed by atoms with Gasteiger partial charge >= 0.3 is 0 Å². The summed E-state index contributed by atoms with van der Waals surface area (Å²) in [4.78, 5) is 0. The van der Waals surface area contributed by atoms with Crippen LogP contribution in [0.5, 0.6) is 0 Å². The fourth-order valence-electron chi connectivity index (χ4n) is 2.39. The Morgan fingerprint density at radius 3 is 2.92 bits per heavy atom. The van der Waals surface area contributed by atoms with E-state index in [1.165, 1.54) is 12.8 Å². The SMILES string of the molecule is C=CCOC[C@H]1C[C@H]2C=C[C@@H]1C2. The van der Waals surface area contributed by atoms with Crippen molar-refractivity contribution < 1.29 is 4.74 Å². The maximum atomic E-state index is 5.47. The third-order valence-electron chi connectivity index (χ3n) is 2.98. The van der Waals surface area contributed by atoms with Crippen LogP contribution in [0.15, 0.2) is 24.8 Å². The molecule has 12 heavy (non-hydrogen) atoms. The Hall–Kier alpha value is -0.560. The predicted octanol–water partition coefficient (Wildman–Crippen LogP) is 2.40. The van der Waals surface area contributed by atoms with Crippen molar-refractivity contribution in [2.75, 3.05) is 13.2 Å². The molecule has 0 N–H and O–H groups in total. The van der Waals surface area contributed by atoms with Crippen LogP contribution in [0.4, 0.5) is 0 Å². The van der Waals surface area contributed by atoms with E-state index in [0.29, 0.717) is 6.61 Å². The highest BCUT2D eigenvalue weighted by Gasteiger charge is 2.35. The van der Waals surface area contributed by atoms with Crippen LogP contribution < -0.4 is 0 Å². The van der Waals surface area contributed by atoms with Crippen molar-refractivity contribution >= 4 is 0 Å². The maximum Gasteiger partial charge on any atom is 0.0644 e. The lowest BCUT2D eigenvalue weighted by molar-refractivity contribution is 0.113. The molecule has 2 aliphatic rings. The highest BCUT2D eigenvalue weighted by Crippen LogP contribution is 2.43. The van der Waals surface area contributed by atoms with Gasteiger partial charge in [0.1, 0.15) is 0 Å². The van der Waals surface area contributed by atoms with E-state index in [1.54, 1.807) is 0 Å². The number of hydrogen-bond donors (Lipinski definition) is 0. The Kier molecular flexibility index (Phi) is 2.31. The molecule has 0 spiro atoms. The molecular weight excluding hydrogens is 148 g/mol. The average Bonchev–Trinajstić information content (AvgIpc) is 2.65. The van der Waals surface area contributed by atoms with E-state index in [9.17, 15) is 0 Å². The van der Waals surface area contributed by atoms with Crippen LogP contribution in [0.25, 0.3) is 0 Å². The predicted molar refractivity (Wildman–Crippen MR) is 49.9 cm³/mol. The van der Waals surface area contributed by atoms with E-state index in [2.05, 4.69) is 18.7 Å². The molecule has 2 rings (SSSR count). The second kappa shape index (κ2) is 3.44. The summed E-state index contributed by atoms with van der Waals surface area (Å²) in [7, 11) is 0. The number of ether oxygens (including phenoxy) is 1. The Labute approximate surface area is 74.1 Å². The highest BCUT2D eigenvalue weighted by molar-refractivity contribution is 5.09. The molecule has 1 nitrogen and oxygen atoms in total. The van der Waals surface area contributed by atoms with Crippen LogP contribution in [0, 0.1) is 17.8 Å². The van der Waals surface area contributed by atoms with Crippen molar-refractivity contribution in [2.45, 2.75) is 12.8 Å². The van der Waals surface area contributed by atoms with Crippen molar-refractivity contribution in [3.63, 3.8) is 0 Å². The third-order valence-corrected chi connectivity index (χ3v) is 2.98. The molecule has 66 valence electrons. The lowest BCUT2D eigenvalue weighted by Gasteiger charge is -2.17. The Morgan fingerprint density at radius 2 is 2.33 bits per heavy atom. The summed E-state index contributed by atoms with van der Waals surface area (Å²) in [6.45, 7) is 5.27. The van der Waals surface area contributed by atoms with Gasteiger partial charge in [-0.2, -0.15) is 0 Å². The fraction of sp³-hybridized carbons (Fsp3) is 0.636. The summed E-state index contributed by atoms with van der Waals surface area (Å²) >= 11 is 0. The quantitative estimate of drug-likeness (QED) is 0.458. The van der Waals surface area contributed by atoms with Crippen LogP contribution in [-0.4, -0.2) is 13.2 Å². The van der Waals surface area contributed by atoms with E-state index < -0.39 is 0 Å². The minimum Gasteiger partial charge on any atom is -0.377 e. The molecule has 1 fully saturated rings. The molecule has 1 saturated carbocycles. The van der Waals surface area contributed by atoms with E-state index in [-0.39, 0.29) is 0 Å². The maximum absolute atomic E-state index is 5.47. The van der Waals surface area contributed by atoms with E-state index in [1.807, 2.05) is 6.08 Å². The molecule has 0 heterocycles. The Bertz CT molecular complexity index is 195. The van der Waals surface area contributed by atoms with Crippen LogP contribution in [0.2, 0.25) is 0 Å². The van der Waals surface area contributed by atoms with Crippen LogP contribution in [0.3, 0.4) is 0 Å². The monoisotopic (exact) mass is 164 g/mol. The molecule has 0 unspecified atom stereocenters. The molecule has 0 radical (unpaired) electrons. The second-order valence-electron chi connectivity index (χ2n) is 3.87. The van der Waals surface area contributed by atoms with Crippen LogP contribution in [-0.2, 0) is 4.74 Å². The van der Waals surface area contributed by atoms with Crippen molar-refractivity contribution in [3.8, 4) is 0 Å². The van der Waals surface area contributed by atoms with E-state index >= 15 is 0 Å². The molecule has 0 aliphatic heterocycles. The van der Waals surface area contributed by atoms with Gasteiger partial charge in [0.2, 0.25) is 0 Å². The van der Waals surface area contributed by atoms with Gasteiger partial charge in [-0.25, -0.2) is 0 Å². The van der Waals surface area contributed by atoms with Crippen LogP contribution in [0.1, 0.15) is 12.8 Å². The topological polar surface area (TPSA) is 9.23 Å². The summed E-state index contributed by atoms with van der Waals surface area (Å²) in [6, 6.07) is 0. The summed E-state index contributed by atoms with van der Waals surface area (Å²) in [5, 5.41) is 0. The summed E-state index contributed by atoms with van der Waals surface area (Å²) in [5.41, 5.74) is 0. The first kappa shape index (κ1) is 8.06. The number of hydrogen-bond acceptors (Lipinski definition) is 1. The number of fused-ring (bicyclic) bond motifs is 2. The standard InChI is InChI=1S/C11H16O/c1-2-5-12-8-11-7-9-3-4-10(11)6-9/h2-4,9-11H,1,5-8H2/t9-,10+,11+/m0/s1. The molecule has 1 heteroatoms. The van der Waals surface area contributed by atoms with Gasteiger partial charge in [0, 0.05) is 0 Å². The van der Waals surface area contributed by atoms with Crippen molar-refractivity contribution in [3.05, 3.63) is 24.8 Å². The third kappa shape index (κ3) is 1.46. The minimum absolute atomic E-state index is 0.706. The Morgan fingerprint density at radius 1 is 1.42 bits per heavy atom. The van der Waals surface area contributed by atoms with Gasteiger partial charge in [-0.15, -0.1) is 6.58 Å². The zero-order chi connectivity index (χ0) is 8.39. The smallest absolute Gasteiger partial charge is 0.0644 e. The first-order valence-electron chi connectivity index (χ1n) is 4.77. The molecule has 2 bridgehead atoms. The van der Waals surface area contributed by atoms with Gasteiger partial charge in [-0.05, 0) is 30.6 Å². The van der Waals surface area contributed by atoms with Crippen molar-refractivity contribution in [1.82, 2.24) is 0 Å². The van der Waals surface area contributed by atoms with Crippen LogP contribution >= 0.6 is 0 Å². The molecule has 0 aromatic carbocycles. The average molecular weight is 164 g/mol. The summed E-state index contributed by atoms with van der Waals surface area (Å²) < 4.78 is 5.47.